The second-order valence-corrected chi connectivity index (χ2v) is 1.52. The number of hydrogen-bond acceptors (Lipinski definition) is 1. The van der Waals surface area contributed by atoms with E-state index in [2.05, 4.69) is 0 Å². The minimum absolute atomic E-state index is 0. The number of amides is 1. The van der Waals surface area contributed by atoms with Crippen LogP contribution in [0.15, 0.2) is 0 Å². The molecule has 0 radical (unpaired) electrons. The molecular formula is C5H10NOZn-. The molecular weight excluding hydrogens is 155 g/mol. The van der Waals surface area contributed by atoms with Crippen molar-refractivity contribution in [2.24, 2.45) is 0 Å². The smallest absolute Gasteiger partial charge is 0.0842 e. The summed E-state index contributed by atoms with van der Waals surface area (Å²) >= 11 is 0. The Bertz CT molecular complexity index is 72.8. The van der Waals surface area contributed by atoms with Crippen LogP contribution < -0.4 is 0 Å². The van der Waals surface area contributed by atoms with Crippen molar-refractivity contribution < 1.29 is 24.3 Å². The number of nitrogens with zero attached hydrogens (tertiary/aromatic N) is 1. The molecule has 3 heteroatoms. The van der Waals surface area contributed by atoms with Gasteiger partial charge in [-0.25, -0.2) is 0 Å². The fourth-order valence-corrected chi connectivity index (χ4v) is 0.258. The topological polar surface area (TPSA) is 20.3 Å². The van der Waals surface area contributed by atoms with E-state index in [1.807, 2.05) is 0 Å². The maximum atomic E-state index is 10.4. The van der Waals surface area contributed by atoms with Crippen molar-refractivity contribution >= 4 is 5.91 Å². The fraction of sp³-hybridized carbons (Fsp3) is 0.600. The summed E-state index contributed by atoms with van der Waals surface area (Å²) in [4.78, 5) is 11.9. The van der Waals surface area contributed by atoms with Crippen LogP contribution in [0.1, 0.15) is 6.92 Å². The maximum Gasteiger partial charge on any atom is 0.0842 e. The van der Waals surface area contributed by atoms with Crippen molar-refractivity contribution in [1.82, 2.24) is 4.90 Å². The van der Waals surface area contributed by atoms with Crippen LogP contribution >= 0.6 is 0 Å². The summed E-state index contributed by atoms with van der Waals surface area (Å²) in [6.45, 7) is 1.72. The van der Waals surface area contributed by atoms with Gasteiger partial charge in [0, 0.05) is 33.6 Å². The summed E-state index contributed by atoms with van der Waals surface area (Å²) in [7, 11) is 3.45. The normalized spacial score (nSPS) is 6.88. The van der Waals surface area contributed by atoms with E-state index in [0.29, 0.717) is 0 Å². The summed E-state index contributed by atoms with van der Waals surface area (Å²) in [5.74, 6) is 0.0556. The van der Waals surface area contributed by atoms with E-state index >= 15 is 0 Å². The standard InChI is InChI=1S/C5H10NO.Zn/c1-4-5(7)6(2)3;/h4H,1-3H3;/q-1;. The van der Waals surface area contributed by atoms with Crippen LogP contribution in [0.4, 0.5) is 0 Å². The van der Waals surface area contributed by atoms with Gasteiger partial charge in [-0.3, -0.25) is 0 Å². The van der Waals surface area contributed by atoms with Gasteiger partial charge in [0.2, 0.25) is 0 Å². The summed E-state index contributed by atoms with van der Waals surface area (Å²) in [6.07, 6.45) is 1.53. The summed E-state index contributed by atoms with van der Waals surface area (Å²) in [5.41, 5.74) is 0. The molecule has 0 aromatic heterocycles. The van der Waals surface area contributed by atoms with Gasteiger partial charge in [0.25, 0.3) is 0 Å². The molecule has 2 nitrogen and oxygen atoms in total. The molecule has 0 saturated carbocycles. The molecule has 0 rings (SSSR count). The van der Waals surface area contributed by atoms with Crippen molar-refractivity contribution in [2.75, 3.05) is 14.1 Å². The van der Waals surface area contributed by atoms with Gasteiger partial charge >= 0.3 is 0 Å². The molecule has 0 aliphatic carbocycles. The second kappa shape index (κ2) is 5.11. The number of carbonyl (C=O) groups excluding carboxylic acids is 1. The van der Waals surface area contributed by atoms with Gasteiger partial charge in [-0.15, -0.1) is 0 Å². The molecule has 0 N–H and O–H groups in total. The molecule has 0 aromatic carbocycles. The maximum absolute atomic E-state index is 10.4. The van der Waals surface area contributed by atoms with Crippen LogP contribution in [-0.4, -0.2) is 24.9 Å². The van der Waals surface area contributed by atoms with Crippen molar-refractivity contribution in [3.05, 3.63) is 6.42 Å². The Balaban J connectivity index is 0. The summed E-state index contributed by atoms with van der Waals surface area (Å²) in [5, 5.41) is 0. The van der Waals surface area contributed by atoms with E-state index < -0.39 is 0 Å². The zero-order chi connectivity index (χ0) is 5.86. The molecule has 0 aliphatic rings. The van der Waals surface area contributed by atoms with E-state index in [9.17, 15) is 4.79 Å². The molecule has 0 saturated heterocycles. The van der Waals surface area contributed by atoms with E-state index in [1.165, 1.54) is 11.3 Å². The van der Waals surface area contributed by atoms with Gasteiger partial charge in [-0.05, 0) is 0 Å². The molecule has 0 heterocycles. The summed E-state index contributed by atoms with van der Waals surface area (Å²) < 4.78 is 0. The van der Waals surface area contributed by atoms with E-state index in [0.717, 1.165) is 0 Å². The molecule has 0 unspecified atom stereocenters. The van der Waals surface area contributed by atoms with Gasteiger partial charge < -0.3 is 16.1 Å². The second-order valence-electron chi connectivity index (χ2n) is 1.52. The molecule has 0 fully saturated rings. The Kier molecular flexibility index (Phi) is 6.93. The molecule has 0 bridgehead atoms. The average molecular weight is 166 g/mol. The van der Waals surface area contributed by atoms with Crippen LogP contribution in [-0.2, 0) is 24.3 Å². The quantitative estimate of drug-likeness (QED) is 0.404. The molecule has 0 atom stereocenters. The third kappa shape index (κ3) is 4.13. The largest absolute Gasteiger partial charge is 0.373 e. The van der Waals surface area contributed by atoms with E-state index in [1.54, 1.807) is 21.0 Å². The molecule has 8 heavy (non-hydrogen) atoms. The van der Waals surface area contributed by atoms with E-state index in [-0.39, 0.29) is 25.4 Å². The van der Waals surface area contributed by atoms with Crippen LogP contribution in [0.2, 0.25) is 0 Å². The van der Waals surface area contributed by atoms with Gasteiger partial charge in [0.1, 0.15) is 0 Å². The van der Waals surface area contributed by atoms with Crippen molar-refractivity contribution in [2.45, 2.75) is 6.92 Å². The van der Waals surface area contributed by atoms with Crippen molar-refractivity contribution in [3.63, 3.8) is 0 Å². The first-order valence-corrected chi connectivity index (χ1v) is 2.19. The Morgan fingerprint density at radius 3 is 1.88 bits per heavy atom. The third-order valence-corrected chi connectivity index (χ3v) is 0.688. The Hall–Kier alpha value is -0.0366. The van der Waals surface area contributed by atoms with Crippen LogP contribution in [0.3, 0.4) is 0 Å². The van der Waals surface area contributed by atoms with Crippen LogP contribution in [0, 0.1) is 6.42 Å². The predicted octanol–water partition coefficient (Wildman–Crippen LogP) is 0.296. The minimum Gasteiger partial charge on any atom is -0.373 e. The number of carbonyl (C=O) groups is 1. The molecule has 44 valence electrons. The van der Waals surface area contributed by atoms with Crippen LogP contribution in [0.25, 0.3) is 0 Å². The first kappa shape index (κ1) is 10.9. The first-order chi connectivity index (χ1) is 3.18. The Morgan fingerprint density at radius 1 is 1.50 bits per heavy atom. The van der Waals surface area contributed by atoms with Gasteiger partial charge in [-0.2, -0.15) is 6.92 Å². The number of hydrogen-bond donors (Lipinski definition) is 0. The van der Waals surface area contributed by atoms with Crippen molar-refractivity contribution in [3.8, 4) is 0 Å². The zero-order valence-electron chi connectivity index (χ0n) is 5.64. The Morgan fingerprint density at radius 2 is 1.88 bits per heavy atom. The monoisotopic (exact) mass is 164 g/mol. The third-order valence-electron chi connectivity index (χ3n) is 0.688. The molecule has 0 spiro atoms. The average Bonchev–Trinajstić information content (AvgIpc) is 1.65. The minimum atomic E-state index is 0. The van der Waals surface area contributed by atoms with Gasteiger partial charge in [0.05, 0.1) is 5.91 Å². The van der Waals surface area contributed by atoms with Crippen molar-refractivity contribution in [1.29, 1.82) is 0 Å². The van der Waals surface area contributed by atoms with Gasteiger partial charge in [0.15, 0.2) is 0 Å². The van der Waals surface area contributed by atoms with Crippen LogP contribution in [0.5, 0.6) is 0 Å². The predicted molar refractivity (Wildman–Crippen MR) is 28.7 cm³/mol. The SMILES string of the molecule is C[CH-]C(=O)N(C)C.[Zn]. The van der Waals surface area contributed by atoms with Gasteiger partial charge in [-0.1, -0.05) is 0 Å². The summed E-state index contributed by atoms with van der Waals surface area (Å²) in [6, 6.07) is 0. The first-order valence-electron chi connectivity index (χ1n) is 2.19. The van der Waals surface area contributed by atoms with E-state index in [4.69, 9.17) is 0 Å². The Labute approximate surface area is 63.0 Å². The molecule has 0 aromatic rings. The molecule has 1 amide bonds. The fourth-order valence-electron chi connectivity index (χ4n) is 0.258. The number of rotatable bonds is 1. The zero-order valence-corrected chi connectivity index (χ0v) is 8.61. The molecule has 0 aliphatic heterocycles.